The standard InChI is InChI=1S/C17H26BrN5O3/c1-17(2,3)26-16(25)21-7-4-6-14(24)23-11-10-22(18)12-13(23)15-19-8-5-9-20-15/h5,8-9,13H,4,6-7,10-12H2,1-3H3,(H,21,25). The first-order valence-electron chi connectivity index (χ1n) is 8.70. The molecule has 1 aromatic rings. The molecule has 0 radical (unpaired) electrons. The number of hydrogen-bond donors (Lipinski definition) is 1. The zero-order valence-electron chi connectivity index (χ0n) is 15.4. The molecule has 1 aliphatic rings. The Morgan fingerprint density at radius 1 is 1.31 bits per heavy atom. The molecule has 2 heterocycles. The lowest BCUT2D eigenvalue weighted by molar-refractivity contribution is -0.135. The van der Waals surface area contributed by atoms with Gasteiger partial charge in [-0.1, -0.05) is 0 Å². The molecule has 26 heavy (non-hydrogen) atoms. The number of ether oxygens (including phenoxy) is 1. The van der Waals surface area contributed by atoms with Gasteiger partial charge in [-0.15, -0.1) is 0 Å². The molecule has 1 saturated heterocycles. The van der Waals surface area contributed by atoms with Gasteiger partial charge in [-0.2, -0.15) is 0 Å². The lowest BCUT2D eigenvalue weighted by Crippen LogP contribution is -2.48. The minimum absolute atomic E-state index is 0.0361. The van der Waals surface area contributed by atoms with Crippen molar-refractivity contribution in [2.24, 2.45) is 0 Å². The zero-order valence-corrected chi connectivity index (χ0v) is 17.0. The van der Waals surface area contributed by atoms with Crippen LogP contribution >= 0.6 is 16.1 Å². The summed E-state index contributed by atoms with van der Waals surface area (Å²) < 4.78 is 7.16. The van der Waals surface area contributed by atoms with Crippen molar-refractivity contribution in [1.29, 1.82) is 0 Å². The topological polar surface area (TPSA) is 87.7 Å². The number of nitrogens with one attached hydrogen (secondary N) is 1. The number of carbonyl (C=O) groups is 2. The molecular weight excluding hydrogens is 402 g/mol. The number of aromatic nitrogens is 2. The maximum absolute atomic E-state index is 12.7. The Hall–Kier alpha value is -1.74. The Morgan fingerprint density at radius 3 is 2.65 bits per heavy atom. The van der Waals surface area contributed by atoms with Crippen molar-refractivity contribution in [2.45, 2.75) is 45.3 Å². The fourth-order valence-electron chi connectivity index (χ4n) is 2.64. The van der Waals surface area contributed by atoms with Crippen LogP contribution in [0.1, 0.15) is 45.5 Å². The number of amides is 2. The van der Waals surface area contributed by atoms with Crippen molar-refractivity contribution >= 4 is 28.1 Å². The summed E-state index contributed by atoms with van der Waals surface area (Å²) in [6.07, 6.45) is 3.80. The number of rotatable bonds is 5. The Bertz CT molecular complexity index is 608. The Balaban J connectivity index is 1.84. The summed E-state index contributed by atoms with van der Waals surface area (Å²) in [5, 5.41) is 2.68. The van der Waals surface area contributed by atoms with E-state index >= 15 is 0 Å². The van der Waals surface area contributed by atoms with Crippen LogP contribution in [0, 0.1) is 0 Å². The van der Waals surface area contributed by atoms with Gasteiger partial charge in [0.2, 0.25) is 5.91 Å². The van der Waals surface area contributed by atoms with E-state index < -0.39 is 11.7 Å². The van der Waals surface area contributed by atoms with Gasteiger partial charge in [0.05, 0.1) is 0 Å². The van der Waals surface area contributed by atoms with Crippen molar-refractivity contribution in [2.75, 3.05) is 26.2 Å². The number of alkyl carbamates (subject to hydrolysis) is 1. The molecule has 0 bridgehead atoms. The van der Waals surface area contributed by atoms with E-state index in [1.165, 1.54) is 0 Å². The molecule has 8 nitrogen and oxygen atoms in total. The van der Waals surface area contributed by atoms with E-state index in [1.54, 1.807) is 18.5 Å². The van der Waals surface area contributed by atoms with Crippen LogP contribution in [0.4, 0.5) is 4.79 Å². The molecular formula is C17H26BrN5O3. The molecule has 0 spiro atoms. The molecule has 1 fully saturated rings. The Morgan fingerprint density at radius 2 is 2.00 bits per heavy atom. The van der Waals surface area contributed by atoms with Crippen LogP contribution in [-0.2, 0) is 9.53 Å². The number of nitrogens with zero attached hydrogens (tertiary/aromatic N) is 4. The third-order valence-corrected chi connectivity index (χ3v) is 4.41. The van der Waals surface area contributed by atoms with Crippen molar-refractivity contribution in [1.82, 2.24) is 24.1 Å². The van der Waals surface area contributed by atoms with Gasteiger partial charge in [0.25, 0.3) is 0 Å². The lowest BCUT2D eigenvalue weighted by Gasteiger charge is -2.38. The van der Waals surface area contributed by atoms with Gasteiger partial charge in [0.15, 0.2) is 5.82 Å². The summed E-state index contributed by atoms with van der Waals surface area (Å²) in [7, 11) is 0. The van der Waals surface area contributed by atoms with E-state index in [9.17, 15) is 9.59 Å². The van der Waals surface area contributed by atoms with Crippen LogP contribution in [0.15, 0.2) is 18.5 Å². The van der Waals surface area contributed by atoms with E-state index in [0.717, 1.165) is 6.54 Å². The minimum Gasteiger partial charge on any atom is -0.444 e. The molecule has 1 aromatic heterocycles. The van der Waals surface area contributed by atoms with Crippen molar-refractivity contribution < 1.29 is 14.3 Å². The molecule has 1 atom stereocenters. The highest BCUT2D eigenvalue weighted by Crippen LogP contribution is 2.25. The quantitative estimate of drug-likeness (QED) is 0.572. The van der Waals surface area contributed by atoms with Gasteiger partial charge in [0.1, 0.15) is 11.6 Å². The second kappa shape index (κ2) is 9.27. The fourth-order valence-corrected chi connectivity index (χ4v) is 3.07. The summed E-state index contributed by atoms with van der Waals surface area (Å²) in [5.41, 5.74) is -0.530. The van der Waals surface area contributed by atoms with Crippen LogP contribution in [0.25, 0.3) is 0 Å². The SMILES string of the molecule is CC(C)(C)OC(=O)NCCCC(=O)N1CCN(Br)CC1c1ncccn1. The summed E-state index contributed by atoms with van der Waals surface area (Å²) in [6.45, 7) is 7.80. The van der Waals surface area contributed by atoms with Crippen molar-refractivity contribution in [3.63, 3.8) is 0 Å². The maximum Gasteiger partial charge on any atom is 0.407 e. The number of halogens is 1. The normalized spacial score (nSPS) is 18.5. The van der Waals surface area contributed by atoms with Crippen LogP contribution in [0.3, 0.4) is 0 Å². The third-order valence-electron chi connectivity index (χ3n) is 3.77. The van der Waals surface area contributed by atoms with Crippen LogP contribution in [0.5, 0.6) is 0 Å². The van der Waals surface area contributed by atoms with Crippen molar-refractivity contribution in [3.05, 3.63) is 24.3 Å². The molecule has 1 aliphatic heterocycles. The number of carbonyl (C=O) groups excluding carboxylic acids is 2. The largest absolute Gasteiger partial charge is 0.444 e. The Labute approximate surface area is 162 Å². The average Bonchev–Trinajstić information content (AvgIpc) is 2.57. The van der Waals surface area contributed by atoms with Crippen LogP contribution < -0.4 is 5.32 Å². The highest BCUT2D eigenvalue weighted by molar-refractivity contribution is 9.07. The first-order valence-corrected chi connectivity index (χ1v) is 9.41. The first kappa shape index (κ1) is 20.6. The predicted molar refractivity (Wildman–Crippen MR) is 100 cm³/mol. The van der Waals surface area contributed by atoms with Gasteiger partial charge in [-0.25, -0.2) is 18.7 Å². The van der Waals surface area contributed by atoms with Gasteiger partial charge in [0, 0.05) is 61.1 Å². The average molecular weight is 428 g/mol. The van der Waals surface area contributed by atoms with E-state index in [0.29, 0.717) is 38.3 Å². The van der Waals surface area contributed by atoms with E-state index in [4.69, 9.17) is 4.74 Å². The molecule has 1 unspecified atom stereocenters. The molecule has 0 aromatic carbocycles. The number of hydrogen-bond acceptors (Lipinski definition) is 6. The van der Waals surface area contributed by atoms with E-state index in [1.807, 2.05) is 29.6 Å². The van der Waals surface area contributed by atoms with Crippen LogP contribution in [-0.4, -0.2) is 62.6 Å². The van der Waals surface area contributed by atoms with Gasteiger partial charge >= 0.3 is 6.09 Å². The molecule has 9 heteroatoms. The summed E-state index contributed by atoms with van der Waals surface area (Å²) in [6, 6.07) is 1.57. The summed E-state index contributed by atoms with van der Waals surface area (Å²) in [4.78, 5) is 34.7. The third kappa shape index (κ3) is 6.53. The highest BCUT2D eigenvalue weighted by Gasteiger charge is 2.32. The molecule has 2 amide bonds. The second-order valence-electron chi connectivity index (χ2n) is 7.11. The lowest BCUT2D eigenvalue weighted by atomic mass is 10.1. The second-order valence-corrected chi connectivity index (χ2v) is 8.11. The molecule has 0 saturated carbocycles. The van der Waals surface area contributed by atoms with Gasteiger partial charge in [-0.3, -0.25) is 4.79 Å². The van der Waals surface area contributed by atoms with E-state index in [-0.39, 0.29) is 11.9 Å². The monoisotopic (exact) mass is 427 g/mol. The van der Waals surface area contributed by atoms with Gasteiger partial charge < -0.3 is 15.0 Å². The fraction of sp³-hybridized carbons (Fsp3) is 0.647. The number of piperazine rings is 1. The molecule has 1 N–H and O–H groups in total. The summed E-state index contributed by atoms with van der Waals surface area (Å²) in [5.74, 6) is 0.672. The summed E-state index contributed by atoms with van der Waals surface area (Å²) >= 11 is 3.48. The molecule has 144 valence electrons. The van der Waals surface area contributed by atoms with Crippen LogP contribution in [0.2, 0.25) is 0 Å². The maximum atomic E-state index is 12.7. The van der Waals surface area contributed by atoms with E-state index in [2.05, 4.69) is 31.4 Å². The smallest absolute Gasteiger partial charge is 0.407 e. The molecule has 2 rings (SSSR count). The first-order chi connectivity index (χ1) is 12.3. The van der Waals surface area contributed by atoms with Gasteiger partial charge in [-0.05, 0) is 33.3 Å². The minimum atomic E-state index is -0.530. The van der Waals surface area contributed by atoms with Crippen molar-refractivity contribution in [3.8, 4) is 0 Å². The predicted octanol–water partition coefficient (Wildman–Crippen LogP) is 2.28. The zero-order chi connectivity index (χ0) is 19.2. The highest BCUT2D eigenvalue weighted by atomic mass is 79.9. The molecule has 0 aliphatic carbocycles. The Kier molecular flexibility index (Phi) is 7.33.